The van der Waals surface area contributed by atoms with Gasteiger partial charge in [-0.3, -0.25) is 4.90 Å². The molecule has 1 aliphatic carbocycles. The van der Waals surface area contributed by atoms with Crippen LogP contribution in [-0.4, -0.2) is 37.1 Å². The van der Waals surface area contributed by atoms with Gasteiger partial charge in [0, 0.05) is 12.6 Å². The van der Waals surface area contributed by atoms with E-state index in [0.717, 1.165) is 12.0 Å². The van der Waals surface area contributed by atoms with Gasteiger partial charge in [-0.05, 0) is 63.1 Å². The Morgan fingerprint density at radius 2 is 2.19 bits per heavy atom. The van der Waals surface area contributed by atoms with Gasteiger partial charge in [0.05, 0.1) is 0 Å². The van der Waals surface area contributed by atoms with E-state index in [4.69, 9.17) is 0 Å². The molecule has 3 aliphatic rings. The molecule has 2 aliphatic heterocycles. The van der Waals surface area contributed by atoms with E-state index in [0.29, 0.717) is 5.41 Å². The highest BCUT2D eigenvalue weighted by Gasteiger charge is 2.47. The number of likely N-dealkylation sites (tertiary alicyclic amines) is 1. The van der Waals surface area contributed by atoms with Gasteiger partial charge >= 0.3 is 0 Å². The Balaban J connectivity index is 1.69. The summed E-state index contributed by atoms with van der Waals surface area (Å²) in [4.78, 5) is 2.80. The molecule has 2 atom stereocenters. The van der Waals surface area contributed by atoms with Crippen LogP contribution in [-0.2, 0) is 0 Å². The molecule has 0 aromatic rings. The van der Waals surface area contributed by atoms with Crippen molar-refractivity contribution in [3.63, 3.8) is 0 Å². The van der Waals surface area contributed by atoms with Crippen molar-refractivity contribution < 1.29 is 0 Å². The molecule has 0 amide bonds. The zero-order valence-corrected chi connectivity index (χ0v) is 10.7. The minimum absolute atomic E-state index is 0.698. The SMILES string of the molecule is CCCC1CNCCC12CCN(C1CC1)C2. The van der Waals surface area contributed by atoms with Gasteiger partial charge in [0.25, 0.3) is 0 Å². The predicted octanol–water partition coefficient (Wildman–Crippen LogP) is 2.25. The third-order valence-corrected chi connectivity index (χ3v) is 5.17. The van der Waals surface area contributed by atoms with E-state index in [1.807, 2.05) is 0 Å². The number of rotatable bonds is 3. The van der Waals surface area contributed by atoms with Crippen LogP contribution < -0.4 is 5.32 Å². The summed E-state index contributed by atoms with van der Waals surface area (Å²) >= 11 is 0. The second-order valence-electron chi connectivity index (χ2n) is 6.25. The van der Waals surface area contributed by atoms with Crippen molar-refractivity contribution in [3.8, 4) is 0 Å². The molecule has 1 spiro atoms. The zero-order valence-electron chi connectivity index (χ0n) is 10.7. The van der Waals surface area contributed by atoms with Crippen molar-refractivity contribution in [3.05, 3.63) is 0 Å². The molecule has 2 unspecified atom stereocenters. The highest BCUT2D eigenvalue weighted by atomic mass is 15.2. The van der Waals surface area contributed by atoms with Crippen LogP contribution >= 0.6 is 0 Å². The highest BCUT2D eigenvalue weighted by molar-refractivity contribution is 5.01. The zero-order chi connectivity index (χ0) is 11.0. The van der Waals surface area contributed by atoms with Crippen LogP contribution in [0, 0.1) is 11.3 Å². The number of nitrogens with one attached hydrogen (secondary N) is 1. The van der Waals surface area contributed by atoms with Crippen LogP contribution in [0.1, 0.15) is 45.4 Å². The van der Waals surface area contributed by atoms with Crippen LogP contribution in [0.4, 0.5) is 0 Å². The molecule has 2 heterocycles. The lowest BCUT2D eigenvalue weighted by Crippen LogP contribution is -2.46. The molecule has 0 aromatic carbocycles. The Morgan fingerprint density at radius 3 is 2.94 bits per heavy atom. The fourth-order valence-corrected chi connectivity index (χ4v) is 4.01. The summed E-state index contributed by atoms with van der Waals surface area (Å²) in [6.45, 7) is 7.70. The first-order valence-corrected chi connectivity index (χ1v) is 7.29. The van der Waals surface area contributed by atoms with Crippen LogP contribution in [0.3, 0.4) is 0 Å². The van der Waals surface area contributed by atoms with E-state index in [-0.39, 0.29) is 0 Å². The lowest BCUT2D eigenvalue weighted by Gasteiger charge is -2.42. The van der Waals surface area contributed by atoms with Crippen molar-refractivity contribution in [2.75, 3.05) is 26.2 Å². The average Bonchev–Trinajstić information content (AvgIpc) is 3.06. The minimum atomic E-state index is 0.698. The first kappa shape index (κ1) is 11.0. The summed E-state index contributed by atoms with van der Waals surface area (Å²) in [6, 6.07) is 0.983. The molecule has 0 radical (unpaired) electrons. The summed E-state index contributed by atoms with van der Waals surface area (Å²) in [6.07, 6.45) is 8.67. The normalized spacial score (nSPS) is 40.7. The van der Waals surface area contributed by atoms with Gasteiger partial charge in [0.15, 0.2) is 0 Å². The molecule has 3 fully saturated rings. The van der Waals surface area contributed by atoms with Crippen molar-refractivity contribution in [1.82, 2.24) is 10.2 Å². The quantitative estimate of drug-likeness (QED) is 0.788. The van der Waals surface area contributed by atoms with Crippen molar-refractivity contribution in [2.45, 2.75) is 51.5 Å². The second-order valence-corrected chi connectivity index (χ2v) is 6.25. The molecule has 2 heteroatoms. The van der Waals surface area contributed by atoms with Gasteiger partial charge in [0.2, 0.25) is 0 Å². The molecule has 0 aromatic heterocycles. The Bertz CT molecular complexity index is 247. The van der Waals surface area contributed by atoms with Gasteiger partial charge < -0.3 is 5.32 Å². The van der Waals surface area contributed by atoms with Gasteiger partial charge in [-0.15, -0.1) is 0 Å². The molecule has 2 nitrogen and oxygen atoms in total. The highest BCUT2D eigenvalue weighted by Crippen LogP contribution is 2.47. The molecule has 0 bridgehead atoms. The molecule has 16 heavy (non-hydrogen) atoms. The summed E-state index contributed by atoms with van der Waals surface area (Å²) in [5.41, 5.74) is 0.698. The Hall–Kier alpha value is -0.0800. The van der Waals surface area contributed by atoms with E-state index < -0.39 is 0 Å². The molecule has 1 saturated carbocycles. The maximum Gasteiger partial charge on any atom is 0.00966 e. The van der Waals surface area contributed by atoms with Crippen molar-refractivity contribution >= 4 is 0 Å². The Morgan fingerprint density at radius 1 is 1.31 bits per heavy atom. The lowest BCUT2D eigenvalue weighted by molar-refractivity contribution is 0.104. The number of piperidine rings is 1. The molecule has 1 N–H and O–H groups in total. The maximum atomic E-state index is 3.61. The fourth-order valence-electron chi connectivity index (χ4n) is 4.01. The van der Waals surface area contributed by atoms with E-state index in [1.165, 1.54) is 64.7 Å². The molecular formula is C14H26N2. The minimum Gasteiger partial charge on any atom is -0.316 e. The van der Waals surface area contributed by atoms with Gasteiger partial charge in [-0.1, -0.05) is 13.3 Å². The fraction of sp³-hybridized carbons (Fsp3) is 1.00. The van der Waals surface area contributed by atoms with Gasteiger partial charge in [0.1, 0.15) is 0 Å². The van der Waals surface area contributed by atoms with Crippen LogP contribution in [0.15, 0.2) is 0 Å². The first-order valence-electron chi connectivity index (χ1n) is 7.29. The molecule has 92 valence electrons. The topological polar surface area (TPSA) is 15.3 Å². The van der Waals surface area contributed by atoms with E-state index in [9.17, 15) is 0 Å². The first-order chi connectivity index (χ1) is 7.84. The number of nitrogens with zero attached hydrogens (tertiary/aromatic N) is 1. The summed E-state index contributed by atoms with van der Waals surface area (Å²) in [5, 5.41) is 3.61. The monoisotopic (exact) mass is 222 g/mol. The molecule has 2 saturated heterocycles. The smallest absolute Gasteiger partial charge is 0.00966 e. The lowest BCUT2D eigenvalue weighted by atomic mass is 9.68. The molecule has 3 rings (SSSR count). The summed E-state index contributed by atoms with van der Waals surface area (Å²) < 4.78 is 0. The predicted molar refractivity (Wildman–Crippen MR) is 67.5 cm³/mol. The molecular weight excluding hydrogens is 196 g/mol. The van der Waals surface area contributed by atoms with Crippen molar-refractivity contribution in [1.29, 1.82) is 0 Å². The van der Waals surface area contributed by atoms with E-state index in [2.05, 4.69) is 17.1 Å². The van der Waals surface area contributed by atoms with Crippen LogP contribution in [0.25, 0.3) is 0 Å². The van der Waals surface area contributed by atoms with Gasteiger partial charge in [-0.2, -0.15) is 0 Å². The van der Waals surface area contributed by atoms with Crippen LogP contribution in [0.5, 0.6) is 0 Å². The largest absolute Gasteiger partial charge is 0.316 e. The van der Waals surface area contributed by atoms with E-state index in [1.54, 1.807) is 0 Å². The summed E-state index contributed by atoms with van der Waals surface area (Å²) in [7, 11) is 0. The van der Waals surface area contributed by atoms with Crippen LogP contribution in [0.2, 0.25) is 0 Å². The Labute approximate surface area is 99.8 Å². The maximum absolute atomic E-state index is 3.61. The average molecular weight is 222 g/mol. The third-order valence-electron chi connectivity index (χ3n) is 5.17. The third kappa shape index (κ3) is 1.91. The Kier molecular flexibility index (Phi) is 2.97. The number of hydrogen-bond donors (Lipinski definition) is 1. The standard InChI is InChI=1S/C14H26N2/c1-2-3-12-10-15-8-6-14(12)7-9-16(11-14)13-4-5-13/h12-13,15H,2-11H2,1H3. The van der Waals surface area contributed by atoms with Crippen molar-refractivity contribution in [2.24, 2.45) is 11.3 Å². The van der Waals surface area contributed by atoms with E-state index >= 15 is 0 Å². The second kappa shape index (κ2) is 4.30. The van der Waals surface area contributed by atoms with Gasteiger partial charge in [-0.25, -0.2) is 0 Å². The summed E-state index contributed by atoms with van der Waals surface area (Å²) in [5.74, 6) is 0.954. The number of hydrogen-bond acceptors (Lipinski definition) is 2.